The molecule has 4 rings (SSSR count). The summed E-state index contributed by atoms with van der Waals surface area (Å²) < 4.78 is 0. The van der Waals surface area contributed by atoms with Gasteiger partial charge in [-0.15, -0.1) is 0 Å². The number of hydrogen-bond acceptors (Lipinski definition) is 5. The van der Waals surface area contributed by atoms with Crippen molar-refractivity contribution in [2.45, 2.75) is 32.0 Å². The normalized spacial score (nSPS) is 18.9. The third kappa shape index (κ3) is 3.79. The number of carbonyl (C=O) groups is 4. The molecule has 2 aliphatic rings. The van der Waals surface area contributed by atoms with E-state index in [9.17, 15) is 19.2 Å². The number of nitrogens with zero attached hydrogens (tertiary/aromatic N) is 1. The predicted molar refractivity (Wildman–Crippen MR) is 105 cm³/mol. The summed E-state index contributed by atoms with van der Waals surface area (Å²) in [6.45, 7) is 0.896. The Balaban J connectivity index is 1.52. The van der Waals surface area contributed by atoms with Crippen molar-refractivity contribution >= 4 is 35.2 Å². The van der Waals surface area contributed by atoms with Crippen LogP contribution >= 0.6 is 11.6 Å². The lowest BCUT2D eigenvalue weighted by Crippen LogP contribution is -2.50. The van der Waals surface area contributed by atoms with E-state index in [4.69, 9.17) is 11.6 Å². The van der Waals surface area contributed by atoms with Crippen molar-refractivity contribution in [3.05, 3.63) is 69.7 Å². The minimum Gasteiger partial charge on any atom is -0.295 e. The van der Waals surface area contributed by atoms with Crippen molar-refractivity contribution in [2.24, 2.45) is 0 Å². The van der Waals surface area contributed by atoms with Crippen LogP contribution in [0.5, 0.6) is 0 Å². The minimum absolute atomic E-state index is 0.222. The van der Waals surface area contributed by atoms with Crippen molar-refractivity contribution < 1.29 is 19.2 Å². The first-order chi connectivity index (χ1) is 13.9. The second-order valence-corrected chi connectivity index (χ2v) is 7.49. The molecule has 0 bridgehead atoms. The quantitative estimate of drug-likeness (QED) is 0.753. The molecule has 0 aliphatic carbocycles. The standard InChI is InChI=1S/C21H18ClN3O4/c22-16-7-2-1-5-14(16)20(28)24-19(27)13-6-3-4-12-10-25(11-15(12)13)17-8-9-18(26)23-21(17)29/h1-7,17H,8-11H2,(H,23,26,29)(H,24,27,28). The molecule has 2 heterocycles. The molecule has 8 heteroatoms. The minimum atomic E-state index is -0.571. The second kappa shape index (κ2) is 7.77. The fourth-order valence-electron chi connectivity index (χ4n) is 3.79. The lowest BCUT2D eigenvalue weighted by molar-refractivity contribution is -0.137. The Labute approximate surface area is 172 Å². The van der Waals surface area contributed by atoms with E-state index in [-0.39, 0.29) is 22.4 Å². The molecule has 29 heavy (non-hydrogen) atoms. The molecule has 2 aliphatic heterocycles. The van der Waals surface area contributed by atoms with E-state index >= 15 is 0 Å². The predicted octanol–water partition coefficient (Wildman–Crippen LogP) is 2.03. The molecule has 0 aromatic heterocycles. The van der Waals surface area contributed by atoms with E-state index in [0.29, 0.717) is 31.5 Å². The summed E-state index contributed by atoms with van der Waals surface area (Å²) in [4.78, 5) is 50.7. The van der Waals surface area contributed by atoms with E-state index in [1.807, 2.05) is 11.0 Å². The number of piperidine rings is 1. The van der Waals surface area contributed by atoms with Gasteiger partial charge in [-0.25, -0.2) is 0 Å². The Kier molecular flexibility index (Phi) is 5.17. The smallest absolute Gasteiger partial charge is 0.259 e. The molecule has 1 saturated heterocycles. The lowest BCUT2D eigenvalue weighted by atomic mass is 10.0. The molecule has 0 radical (unpaired) electrons. The summed E-state index contributed by atoms with van der Waals surface area (Å²) in [5, 5.41) is 5.02. The van der Waals surface area contributed by atoms with Crippen LogP contribution in [-0.2, 0) is 22.7 Å². The topological polar surface area (TPSA) is 95.6 Å². The molecule has 4 amide bonds. The van der Waals surface area contributed by atoms with Crippen LogP contribution < -0.4 is 10.6 Å². The fourth-order valence-corrected chi connectivity index (χ4v) is 4.02. The molecular weight excluding hydrogens is 394 g/mol. The number of halogens is 1. The van der Waals surface area contributed by atoms with Crippen LogP contribution in [0.15, 0.2) is 42.5 Å². The Morgan fingerprint density at radius 2 is 1.72 bits per heavy atom. The molecule has 7 nitrogen and oxygen atoms in total. The first-order valence-electron chi connectivity index (χ1n) is 9.23. The largest absolute Gasteiger partial charge is 0.295 e. The lowest BCUT2D eigenvalue weighted by Gasteiger charge is -2.29. The van der Waals surface area contributed by atoms with Gasteiger partial charge in [-0.3, -0.25) is 34.7 Å². The average Bonchev–Trinajstić information content (AvgIpc) is 3.12. The molecule has 1 atom stereocenters. The maximum Gasteiger partial charge on any atom is 0.259 e. The zero-order chi connectivity index (χ0) is 20.5. The van der Waals surface area contributed by atoms with Gasteiger partial charge in [-0.1, -0.05) is 35.9 Å². The van der Waals surface area contributed by atoms with Gasteiger partial charge in [-0.2, -0.15) is 0 Å². The maximum absolute atomic E-state index is 12.8. The van der Waals surface area contributed by atoms with Gasteiger partial charge in [0, 0.05) is 25.1 Å². The summed E-state index contributed by atoms with van der Waals surface area (Å²) in [5.41, 5.74) is 2.31. The zero-order valence-electron chi connectivity index (χ0n) is 15.4. The molecule has 1 unspecified atom stereocenters. The number of fused-ring (bicyclic) bond motifs is 1. The number of nitrogens with one attached hydrogen (secondary N) is 2. The highest BCUT2D eigenvalue weighted by atomic mass is 35.5. The molecular formula is C21H18ClN3O4. The summed E-state index contributed by atoms with van der Waals surface area (Å²) in [7, 11) is 0. The highest BCUT2D eigenvalue weighted by molar-refractivity contribution is 6.34. The third-order valence-corrected chi connectivity index (χ3v) is 5.58. The molecule has 0 spiro atoms. The molecule has 2 N–H and O–H groups in total. The van der Waals surface area contributed by atoms with Gasteiger partial charge in [0.2, 0.25) is 11.8 Å². The van der Waals surface area contributed by atoms with Crippen molar-refractivity contribution in [1.82, 2.24) is 15.5 Å². The van der Waals surface area contributed by atoms with E-state index < -0.39 is 17.9 Å². The van der Waals surface area contributed by atoms with Crippen molar-refractivity contribution in [3.63, 3.8) is 0 Å². The first-order valence-corrected chi connectivity index (χ1v) is 9.60. The van der Waals surface area contributed by atoms with E-state index in [1.165, 1.54) is 0 Å². The van der Waals surface area contributed by atoms with Gasteiger partial charge in [0.1, 0.15) is 0 Å². The molecule has 2 aromatic carbocycles. The van der Waals surface area contributed by atoms with Gasteiger partial charge >= 0.3 is 0 Å². The summed E-state index contributed by atoms with van der Waals surface area (Å²) in [6.07, 6.45) is 0.744. The van der Waals surface area contributed by atoms with E-state index in [2.05, 4.69) is 10.6 Å². The summed E-state index contributed by atoms with van der Waals surface area (Å²) in [5.74, 6) is -1.66. The van der Waals surface area contributed by atoms with E-state index in [1.54, 1.807) is 36.4 Å². The number of benzene rings is 2. The van der Waals surface area contributed by atoms with Crippen molar-refractivity contribution in [3.8, 4) is 0 Å². The van der Waals surface area contributed by atoms with Crippen LogP contribution in [0.2, 0.25) is 5.02 Å². The van der Waals surface area contributed by atoms with Crippen LogP contribution in [0, 0.1) is 0 Å². The highest BCUT2D eigenvalue weighted by Crippen LogP contribution is 2.29. The number of imide groups is 2. The fraction of sp³-hybridized carbons (Fsp3) is 0.238. The Hall–Kier alpha value is -3.03. The summed E-state index contributed by atoms with van der Waals surface area (Å²) in [6, 6.07) is 11.4. The third-order valence-electron chi connectivity index (χ3n) is 5.25. The Morgan fingerprint density at radius 1 is 1.00 bits per heavy atom. The molecule has 148 valence electrons. The number of carbonyl (C=O) groups excluding carboxylic acids is 4. The highest BCUT2D eigenvalue weighted by Gasteiger charge is 2.36. The van der Waals surface area contributed by atoms with E-state index in [0.717, 1.165) is 11.1 Å². The monoisotopic (exact) mass is 411 g/mol. The molecule has 1 fully saturated rings. The number of amides is 4. The molecule has 0 saturated carbocycles. The second-order valence-electron chi connectivity index (χ2n) is 7.08. The van der Waals surface area contributed by atoms with Gasteiger partial charge in [0.25, 0.3) is 11.8 Å². The average molecular weight is 412 g/mol. The van der Waals surface area contributed by atoms with Gasteiger partial charge in [0.05, 0.1) is 16.6 Å². The maximum atomic E-state index is 12.8. The number of rotatable bonds is 3. The Morgan fingerprint density at radius 3 is 2.48 bits per heavy atom. The Bertz CT molecular complexity index is 1040. The molecule has 2 aromatic rings. The van der Waals surface area contributed by atoms with Crippen LogP contribution in [0.25, 0.3) is 0 Å². The van der Waals surface area contributed by atoms with Crippen molar-refractivity contribution in [2.75, 3.05) is 0 Å². The number of hydrogen-bond donors (Lipinski definition) is 2. The van der Waals surface area contributed by atoms with Gasteiger partial charge in [0.15, 0.2) is 0 Å². The first kappa shape index (κ1) is 19.3. The van der Waals surface area contributed by atoms with Crippen LogP contribution in [-0.4, -0.2) is 34.6 Å². The SMILES string of the molecule is O=C1CCC(N2Cc3cccc(C(=O)NC(=O)c4ccccc4Cl)c3C2)C(=O)N1. The summed E-state index contributed by atoms with van der Waals surface area (Å²) >= 11 is 6.03. The van der Waals surface area contributed by atoms with Crippen molar-refractivity contribution in [1.29, 1.82) is 0 Å². The van der Waals surface area contributed by atoms with Crippen LogP contribution in [0.3, 0.4) is 0 Å². The van der Waals surface area contributed by atoms with Gasteiger partial charge < -0.3 is 0 Å². The van der Waals surface area contributed by atoms with Gasteiger partial charge in [-0.05, 0) is 35.7 Å². The zero-order valence-corrected chi connectivity index (χ0v) is 16.2. The van der Waals surface area contributed by atoms with Crippen LogP contribution in [0.4, 0.5) is 0 Å². The van der Waals surface area contributed by atoms with Crippen LogP contribution in [0.1, 0.15) is 44.7 Å².